The zero-order chi connectivity index (χ0) is 19.2. The third-order valence-electron chi connectivity index (χ3n) is 4.16. The number of benzene rings is 1. The van der Waals surface area contributed by atoms with E-state index in [1.54, 1.807) is 6.08 Å². The first kappa shape index (κ1) is 20.3. The number of halogens is 1. The Labute approximate surface area is 176 Å². The quantitative estimate of drug-likeness (QED) is 0.489. The molecule has 1 atom stereocenters. The van der Waals surface area contributed by atoms with E-state index in [0.29, 0.717) is 23.1 Å². The Kier molecular flexibility index (Phi) is 7.28. The Morgan fingerprint density at radius 3 is 3.00 bits per heavy atom. The van der Waals surface area contributed by atoms with Crippen molar-refractivity contribution in [2.75, 3.05) is 26.2 Å². The minimum Gasteiger partial charge on any atom is -0.376 e. The van der Waals surface area contributed by atoms with Gasteiger partial charge in [-0.3, -0.25) is 14.5 Å². The van der Waals surface area contributed by atoms with Crippen LogP contribution in [-0.2, 0) is 9.53 Å². The van der Waals surface area contributed by atoms with Crippen molar-refractivity contribution < 1.29 is 14.3 Å². The van der Waals surface area contributed by atoms with Gasteiger partial charge in [0.05, 0.1) is 11.0 Å². The fourth-order valence-corrected chi connectivity index (χ4v) is 4.26. The molecule has 2 amide bonds. The normalized spacial score (nSPS) is 21.1. The van der Waals surface area contributed by atoms with Crippen LogP contribution >= 0.6 is 39.9 Å². The van der Waals surface area contributed by atoms with E-state index in [4.69, 9.17) is 17.0 Å². The van der Waals surface area contributed by atoms with E-state index in [1.807, 2.05) is 24.3 Å². The Morgan fingerprint density at radius 1 is 1.41 bits per heavy atom. The summed E-state index contributed by atoms with van der Waals surface area (Å²) in [6.07, 6.45) is 4.06. The van der Waals surface area contributed by atoms with Gasteiger partial charge < -0.3 is 15.4 Å². The molecule has 3 rings (SSSR count). The van der Waals surface area contributed by atoms with Crippen LogP contribution in [0.15, 0.2) is 33.6 Å². The largest absolute Gasteiger partial charge is 0.376 e. The molecule has 1 aromatic carbocycles. The van der Waals surface area contributed by atoms with E-state index in [9.17, 15) is 9.59 Å². The summed E-state index contributed by atoms with van der Waals surface area (Å²) in [7, 11) is 0. The Bertz CT molecular complexity index is 766. The highest BCUT2D eigenvalue weighted by Gasteiger charge is 2.34. The van der Waals surface area contributed by atoms with Crippen LogP contribution in [0.4, 0.5) is 4.79 Å². The molecule has 1 aromatic rings. The lowest BCUT2D eigenvalue weighted by molar-refractivity contribution is -0.122. The number of nitrogens with zero attached hydrogens (tertiary/aromatic N) is 1. The topological polar surface area (TPSA) is 70.7 Å². The molecule has 0 radical (unpaired) electrons. The van der Waals surface area contributed by atoms with Crippen molar-refractivity contribution in [3.8, 4) is 0 Å². The van der Waals surface area contributed by atoms with Gasteiger partial charge in [0, 0.05) is 30.7 Å². The van der Waals surface area contributed by atoms with E-state index in [1.165, 1.54) is 4.90 Å². The molecule has 2 aliphatic heterocycles. The average Bonchev–Trinajstić information content (AvgIpc) is 3.24. The molecular formula is C18H20BrN3O3S2. The molecule has 0 saturated carbocycles. The predicted molar refractivity (Wildman–Crippen MR) is 114 cm³/mol. The highest BCUT2D eigenvalue weighted by atomic mass is 79.9. The first-order chi connectivity index (χ1) is 13.0. The van der Waals surface area contributed by atoms with Crippen LogP contribution < -0.4 is 10.6 Å². The molecule has 0 spiro atoms. The van der Waals surface area contributed by atoms with Gasteiger partial charge in [-0.05, 0) is 60.6 Å². The average molecular weight is 470 g/mol. The standard InChI is InChI=1S/C18H20BrN3O3S2/c19-13-4-1-3-12(9-13)10-15-16(23)22(18(24)27-15)7-6-20-17(26)21-11-14-5-2-8-25-14/h1,3-4,9-10,14H,2,5-8,11H2,(H2,20,21,26)/b15-10-. The third-order valence-corrected chi connectivity index (χ3v) is 5.84. The van der Waals surface area contributed by atoms with E-state index < -0.39 is 0 Å². The van der Waals surface area contributed by atoms with Crippen LogP contribution in [0.1, 0.15) is 18.4 Å². The molecule has 2 N–H and O–H groups in total. The summed E-state index contributed by atoms with van der Waals surface area (Å²) in [5, 5.41) is 6.37. The fraction of sp³-hybridized carbons (Fsp3) is 0.389. The Balaban J connectivity index is 1.46. The van der Waals surface area contributed by atoms with Crippen molar-refractivity contribution in [2.24, 2.45) is 0 Å². The molecular weight excluding hydrogens is 450 g/mol. The summed E-state index contributed by atoms with van der Waals surface area (Å²) in [5.74, 6) is -0.273. The summed E-state index contributed by atoms with van der Waals surface area (Å²) >= 11 is 9.58. The second-order valence-electron chi connectivity index (χ2n) is 6.16. The minimum atomic E-state index is -0.273. The predicted octanol–water partition coefficient (Wildman–Crippen LogP) is 3.13. The Morgan fingerprint density at radius 2 is 2.26 bits per heavy atom. The first-order valence-corrected chi connectivity index (χ1v) is 10.7. The molecule has 2 fully saturated rings. The lowest BCUT2D eigenvalue weighted by atomic mass is 10.2. The van der Waals surface area contributed by atoms with Crippen LogP contribution in [0.25, 0.3) is 6.08 Å². The molecule has 0 bridgehead atoms. The maximum Gasteiger partial charge on any atom is 0.293 e. The monoisotopic (exact) mass is 469 g/mol. The van der Waals surface area contributed by atoms with Crippen molar-refractivity contribution in [3.63, 3.8) is 0 Å². The van der Waals surface area contributed by atoms with Crippen molar-refractivity contribution in [3.05, 3.63) is 39.2 Å². The molecule has 0 aliphatic carbocycles. The molecule has 6 nitrogen and oxygen atoms in total. The molecule has 9 heteroatoms. The number of hydrogen-bond donors (Lipinski definition) is 2. The Hall–Kier alpha value is -1.42. The van der Waals surface area contributed by atoms with Gasteiger partial charge >= 0.3 is 0 Å². The highest BCUT2D eigenvalue weighted by molar-refractivity contribution is 9.10. The van der Waals surface area contributed by atoms with E-state index in [0.717, 1.165) is 41.2 Å². The second-order valence-corrected chi connectivity index (χ2v) is 8.48. The summed E-state index contributed by atoms with van der Waals surface area (Å²) in [6.45, 7) is 2.14. The van der Waals surface area contributed by atoms with Crippen molar-refractivity contribution >= 4 is 62.2 Å². The molecule has 2 heterocycles. The van der Waals surface area contributed by atoms with Gasteiger partial charge in [-0.25, -0.2) is 0 Å². The summed E-state index contributed by atoms with van der Waals surface area (Å²) < 4.78 is 6.45. The number of thiocarbonyl (C=S) groups is 1. The van der Waals surface area contributed by atoms with Gasteiger partial charge in [-0.15, -0.1) is 0 Å². The number of carbonyl (C=O) groups is 2. The van der Waals surface area contributed by atoms with E-state index in [-0.39, 0.29) is 23.8 Å². The van der Waals surface area contributed by atoms with E-state index in [2.05, 4.69) is 26.6 Å². The van der Waals surface area contributed by atoms with Gasteiger partial charge in [-0.2, -0.15) is 0 Å². The maximum atomic E-state index is 12.5. The molecule has 2 saturated heterocycles. The van der Waals surface area contributed by atoms with Crippen LogP contribution in [0.2, 0.25) is 0 Å². The van der Waals surface area contributed by atoms with Crippen molar-refractivity contribution in [2.45, 2.75) is 18.9 Å². The minimum absolute atomic E-state index is 0.202. The number of ether oxygens (including phenoxy) is 1. The van der Waals surface area contributed by atoms with Gasteiger partial charge in [0.15, 0.2) is 5.11 Å². The van der Waals surface area contributed by atoms with Crippen molar-refractivity contribution in [1.29, 1.82) is 0 Å². The molecule has 144 valence electrons. The van der Waals surface area contributed by atoms with Gasteiger partial charge in [0.25, 0.3) is 11.1 Å². The number of carbonyl (C=O) groups excluding carboxylic acids is 2. The molecule has 27 heavy (non-hydrogen) atoms. The number of amides is 2. The maximum absolute atomic E-state index is 12.5. The lowest BCUT2D eigenvalue weighted by Crippen LogP contribution is -2.43. The van der Waals surface area contributed by atoms with Crippen LogP contribution in [-0.4, -0.2) is 53.5 Å². The number of thioether (sulfide) groups is 1. The highest BCUT2D eigenvalue weighted by Crippen LogP contribution is 2.32. The zero-order valence-electron chi connectivity index (χ0n) is 14.6. The number of rotatable bonds is 6. The molecule has 2 aliphatic rings. The summed E-state index contributed by atoms with van der Waals surface area (Å²) in [4.78, 5) is 26.3. The smallest absolute Gasteiger partial charge is 0.293 e. The van der Waals surface area contributed by atoms with Crippen LogP contribution in [0.3, 0.4) is 0 Å². The second kappa shape index (κ2) is 9.68. The molecule has 1 unspecified atom stereocenters. The van der Waals surface area contributed by atoms with Crippen molar-refractivity contribution in [1.82, 2.24) is 15.5 Å². The van der Waals surface area contributed by atoms with Crippen LogP contribution in [0.5, 0.6) is 0 Å². The first-order valence-electron chi connectivity index (χ1n) is 8.67. The van der Waals surface area contributed by atoms with Gasteiger partial charge in [0.2, 0.25) is 0 Å². The van der Waals surface area contributed by atoms with E-state index >= 15 is 0 Å². The number of hydrogen-bond acceptors (Lipinski definition) is 5. The van der Waals surface area contributed by atoms with Gasteiger partial charge in [-0.1, -0.05) is 28.1 Å². The number of imide groups is 1. The lowest BCUT2D eigenvalue weighted by Gasteiger charge is -2.16. The SMILES string of the molecule is O=C1S/C(=C\c2cccc(Br)c2)C(=O)N1CCNC(=S)NCC1CCCO1. The van der Waals surface area contributed by atoms with Crippen LogP contribution in [0, 0.1) is 0 Å². The third kappa shape index (κ3) is 5.78. The fourth-order valence-electron chi connectivity index (χ4n) is 2.80. The summed E-state index contributed by atoms with van der Waals surface area (Å²) in [5.41, 5.74) is 0.868. The molecule has 0 aromatic heterocycles. The van der Waals surface area contributed by atoms with Gasteiger partial charge in [0.1, 0.15) is 0 Å². The zero-order valence-corrected chi connectivity index (χ0v) is 17.8. The summed E-state index contributed by atoms with van der Waals surface area (Å²) in [6, 6.07) is 7.57. The number of nitrogens with one attached hydrogen (secondary N) is 2.